The van der Waals surface area contributed by atoms with E-state index in [1.54, 1.807) is 0 Å². The van der Waals surface area contributed by atoms with Crippen molar-refractivity contribution < 1.29 is 28.6 Å². The molecule has 0 saturated carbocycles. The van der Waals surface area contributed by atoms with Crippen molar-refractivity contribution in [3.63, 3.8) is 0 Å². The Bertz CT molecular complexity index is 1350. The summed E-state index contributed by atoms with van der Waals surface area (Å²) in [5.74, 6) is -0.889. The fourth-order valence-electron chi connectivity index (χ4n) is 10.4. The summed E-state index contributed by atoms with van der Waals surface area (Å²) in [6, 6.07) is 0. The van der Waals surface area contributed by atoms with Crippen LogP contribution in [0.5, 0.6) is 0 Å². The molecule has 0 aliphatic heterocycles. The Morgan fingerprint density at radius 3 is 0.772 bits per heavy atom. The summed E-state index contributed by atoms with van der Waals surface area (Å²) >= 11 is 0. The molecule has 79 heavy (non-hydrogen) atoms. The van der Waals surface area contributed by atoms with Crippen molar-refractivity contribution >= 4 is 17.9 Å². The first-order chi connectivity index (χ1) is 39.0. The summed E-state index contributed by atoms with van der Waals surface area (Å²) in [6.45, 7) is 6.57. The zero-order valence-electron chi connectivity index (χ0n) is 52.9. The molecule has 0 aromatic rings. The maximum Gasteiger partial charge on any atom is 0.306 e. The molecule has 0 spiro atoms. The Morgan fingerprint density at radius 2 is 0.494 bits per heavy atom. The minimum atomic E-state index is -0.791. The minimum Gasteiger partial charge on any atom is -0.462 e. The second-order valence-corrected chi connectivity index (χ2v) is 23.4. The van der Waals surface area contributed by atoms with Gasteiger partial charge in [-0.25, -0.2) is 0 Å². The van der Waals surface area contributed by atoms with Crippen LogP contribution in [0.3, 0.4) is 0 Å². The molecule has 0 bridgehead atoms. The second kappa shape index (κ2) is 67.6. The summed E-state index contributed by atoms with van der Waals surface area (Å²) < 4.78 is 17.0. The Balaban J connectivity index is 4.36. The van der Waals surface area contributed by atoms with Gasteiger partial charge < -0.3 is 14.2 Å². The van der Waals surface area contributed by atoms with Crippen molar-refractivity contribution in [3.05, 3.63) is 60.8 Å². The van der Waals surface area contributed by atoms with Gasteiger partial charge in [-0.2, -0.15) is 0 Å². The number of allylic oxidation sites excluding steroid dienone is 10. The molecule has 0 radical (unpaired) electrons. The summed E-state index contributed by atoms with van der Waals surface area (Å²) in [4.78, 5) is 38.4. The molecule has 0 unspecified atom stereocenters. The van der Waals surface area contributed by atoms with E-state index in [0.717, 1.165) is 96.3 Å². The predicted molar refractivity (Wildman–Crippen MR) is 344 cm³/mol. The molecule has 0 fully saturated rings. The SMILES string of the molecule is CC/C=C\C/C=C\C/C=C\C/C=C\C/C=C\CCCCCC(=O)OC(COC(=O)CCCCCCCCCCCCCCCCCCCCCCC)COC(=O)CCCCCCCCCCCCCCCCCCCCCCC. The van der Waals surface area contributed by atoms with E-state index in [4.69, 9.17) is 14.2 Å². The first-order valence-electron chi connectivity index (χ1n) is 34.8. The highest BCUT2D eigenvalue weighted by atomic mass is 16.6. The van der Waals surface area contributed by atoms with E-state index < -0.39 is 6.10 Å². The molecule has 6 nitrogen and oxygen atoms in total. The molecule has 0 atom stereocenters. The average molecular weight is 1110 g/mol. The van der Waals surface area contributed by atoms with Crippen molar-refractivity contribution in [2.24, 2.45) is 0 Å². The number of ether oxygens (including phenoxy) is 3. The van der Waals surface area contributed by atoms with Crippen LogP contribution in [0.4, 0.5) is 0 Å². The molecule has 0 aliphatic carbocycles. The van der Waals surface area contributed by atoms with Crippen LogP contribution in [-0.4, -0.2) is 37.2 Å². The number of rotatable bonds is 64. The zero-order valence-corrected chi connectivity index (χ0v) is 52.9. The van der Waals surface area contributed by atoms with E-state index >= 15 is 0 Å². The third-order valence-corrected chi connectivity index (χ3v) is 15.5. The average Bonchev–Trinajstić information content (AvgIpc) is 3.45. The quantitative estimate of drug-likeness (QED) is 0.0261. The lowest BCUT2D eigenvalue weighted by molar-refractivity contribution is -0.167. The molecule has 0 amide bonds. The maximum absolute atomic E-state index is 12.9. The number of esters is 3. The van der Waals surface area contributed by atoms with Crippen LogP contribution in [0.1, 0.15) is 367 Å². The summed E-state index contributed by atoms with van der Waals surface area (Å²) in [5, 5.41) is 0. The Hall–Kier alpha value is -2.89. The first-order valence-corrected chi connectivity index (χ1v) is 34.8. The zero-order chi connectivity index (χ0) is 57.1. The van der Waals surface area contributed by atoms with Crippen LogP contribution in [0.2, 0.25) is 0 Å². The van der Waals surface area contributed by atoms with Gasteiger partial charge in [0, 0.05) is 19.3 Å². The van der Waals surface area contributed by atoms with Gasteiger partial charge in [0.15, 0.2) is 6.10 Å². The van der Waals surface area contributed by atoms with Crippen molar-refractivity contribution in [3.8, 4) is 0 Å². The van der Waals surface area contributed by atoms with E-state index in [1.807, 2.05) is 0 Å². The predicted octanol–water partition coefficient (Wildman–Crippen LogP) is 23.9. The van der Waals surface area contributed by atoms with Gasteiger partial charge in [0.05, 0.1) is 0 Å². The number of carbonyl (C=O) groups is 3. The lowest BCUT2D eigenvalue weighted by Gasteiger charge is -2.18. The van der Waals surface area contributed by atoms with E-state index in [1.165, 1.54) is 231 Å². The third-order valence-electron chi connectivity index (χ3n) is 15.5. The van der Waals surface area contributed by atoms with Crippen molar-refractivity contribution in [2.45, 2.75) is 374 Å². The molecule has 0 aliphatic rings. The highest BCUT2D eigenvalue weighted by molar-refractivity contribution is 5.71. The van der Waals surface area contributed by atoms with Gasteiger partial charge in [-0.15, -0.1) is 0 Å². The molecule has 6 heteroatoms. The molecule has 0 aromatic carbocycles. The molecule has 0 N–H and O–H groups in total. The van der Waals surface area contributed by atoms with E-state index in [9.17, 15) is 14.4 Å². The number of hydrogen-bond acceptors (Lipinski definition) is 6. The van der Waals surface area contributed by atoms with Crippen LogP contribution < -0.4 is 0 Å². The number of unbranched alkanes of at least 4 members (excludes halogenated alkanes) is 43. The highest BCUT2D eigenvalue weighted by Crippen LogP contribution is 2.18. The Kier molecular flexibility index (Phi) is 65.1. The number of carbonyl (C=O) groups excluding carboxylic acids is 3. The largest absolute Gasteiger partial charge is 0.462 e. The summed E-state index contributed by atoms with van der Waals surface area (Å²) in [5.41, 5.74) is 0. The molecular weight excluding hydrogens is 973 g/mol. The molecule has 0 saturated heterocycles. The van der Waals surface area contributed by atoms with Gasteiger partial charge in [-0.05, 0) is 64.2 Å². The maximum atomic E-state index is 12.9. The topological polar surface area (TPSA) is 78.9 Å². The van der Waals surface area contributed by atoms with Gasteiger partial charge >= 0.3 is 17.9 Å². The number of hydrogen-bond donors (Lipinski definition) is 0. The lowest BCUT2D eigenvalue weighted by Crippen LogP contribution is -2.30. The van der Waals surface area contributed by atoms with Gasteiger partial charge in [-0.3, -0.25) is 14.4 Å². The minimum absolute atomic E-state index is 0.0828. The molecule has 0 rings (SSSR count). The molecule has 0 heterocycles. The van der Waals surface area contributed by atoms with Crippen molar-refractivity contribution in [1.29, 1.82) is 0 Å². The van der Waals surface area contributed by atoms with Gasteiger partial charge in [0.2, 0.25) is 0 Å². The fourth-order valence-corrected chi connectivity index (χ4v) is 10.4. The van der Waals surface area contributed by atoms with Crippen LogP contribution in [0.25, 0.3) is 0 Å². The van der Waals surface area contributed by atoms with Crippen LogP contribution in [0, 0.1) is 0 Å². The lowest BCUT2D eigenvalue weighted by atomic mass is 10.0. The Morgan fingerprint density at radius 1 is 0.266 bits per heavy atom. The van der Waals surface area contributed by atoms with E-state index in [-0.39, 0.29) is 31.1 Å². The van der Waals surface area contributed by atoms with Gasteiger partial charge in [-0.1, -0.05) is 345 Å². The van der Waals surface area contributed by atoms with Gasteiger partial charge in [0.1, 0.15) is 13.2 Å². The monoisotopic (exact) mass is 1110 g/mol. The standard InChI is InChI=1S/C73H132O6/c1-4-7-10-13-16-19-22-25-28-31-34-36-39-41-44-47-50-53-56-59-62-65-71(74)77-68-70(79-73(76)67-64-61-58-55-52-49-46-43-38-33-30-27-24-21-18-15-12-9-6-3)69-78-72(75)66-63-60-57-54-51-48-45-42-40-37-35-32-29-26-23-20-17-14-11-8-5-2/h9,12,18,21,27,30,38,43,49,52,70H,4-8,10-11,13-17,19-20,22-26,28-29,31-37,39-42,44-48,50-51,53-69H2,1-3H3/b12-9-,21-18-,30-27-,43-38-,52-49-. The van der Waals surface area contributed by atoms with Crippen molar-refractivity contribution in [1.82, 2.24) is 0 Å². The molecule has 0 aromatic heterocycles. The molecular formula is C73H132O6. The third kappa shape index (κ3) is 65.8. The normalized spacial score (nSPS) is 12.1. The van der Waals surface area contributed by atoms with E-state index in [0.29, 0.717) is 19.3 Å². The van der Waals surface area contributed by atoms with Crippen LogP contribution in [-0.2, 0) is 28.6 Å². The van der Waals surface area contributed by atoms with Crippen molar-refractivity contribution in [2.75, 3.05) is 13.2 Å². The first kappa shape index (κ1) is 76.1. The molecule has 460 valence electrons. The van der Waals surface area contributed by atoms with Gasteiger partial charge in [0.25, 0.3) is 0 Å². The second-order valence-electron chi connectivity index (χ2n) is 23.4. The fraction of sp³-hybridized carbons (Fsp3) is 0.822. The Labute approximate surface area is 491 Å². The summed E-state index contributed by atoms with van der Waals surface area (Å²) in [7, 11) is 0. The smallest absolute Gasteiger partial charge is 0.306 e. The summed E-state index contributed by atoms with van der Waals surface area (Å²) in [6.07, 6.45) is 86.7. The van der Waals surface area contributed by atoms with Crippen LogP contribution >= 0.6 is 0 Å². The highest BCUT2D eigenvalue weighted by Gasteiger charge is 2.19. The van der Waals surface area contributed by atoms with Crippen LogP contribution in [0.15, 0.2) is 60.8 Å². The van der Waals surface area contributed by atoms with E-state index in [2.05, 4.69) is 81.5 Å².